The first-order valence-corrected chi connectivity index (χ1v) is 12.5. The van der Waals surface area contributed by atoms with E-state index >= 15 is 0 Å². The molecule has 0 aliphatic rings. The number of allylic oxidation sites excluding steroid dienone is 1. The zero-order valence-corrected chi connectivity index (χ0v) is 18.6. The highest BCUT2D eigenvalue weighted by Crippen LogP contribution is 2.39. The Morgan fingerprint density at radius 2 is 1.96 bits per heavy atom. The van der Waals surface area contributed by atoms with Gasteiger partial charge in [-0.1, -0.05) is 50.3 Å². The average Bonchev–Trinajstić information content (AvgIpc) is 2.65. The minimum Gasteiger partial charge on any atom is -0.394 e. The summed E-state index contributed by atoms with van der Waals surface area (Å²) in [6, 6.07) is 9.68. The zero-order chi connectivity index (χ0) is 20.5. The summed E-state index contributed by atoms with van der Waals surface area (Å²) in [5.74, 6) is -0.703. The summed E-state index contributed by atoms with van der Waals surface area (Å²) in [7, 11) is 0.313. The normalized spacial score (nSPS) is 19.3. The summed E-state index contributed by atoms with van der Waals surface area (Å²) < 4.78 is 27.5. The molecule has 0 radical (unpaired) electrons. The van der Waals surface area contributed by atoms with Gasteiger partial charge in [0.1, 0.15) is 0 Å². The summed E-state index contributed by atoms with van der Waals surface area (Å²) in [6.45, 7) is 13.7. The maximum Gasteiger partial charge on any atom is 0.174 e. The van der Waals surface area contributed by atoms with Crippen LogP contribution in [0, 0.1) is 5.92 Å². The maximum absolute atomic E-state index is 8.64. The van der Waals surface area contributed by atoms with Crippen LogP contribution in [0.3, 0.4) is 0 Å². The molecule has 1 rings (SSSR count). The highest BCUT2D eigenvalue weighted by molar-refractivity contribution is 6.48. The third-order valence-electron chi connectivity index (χ3n) is 4.98. The van der Waals surface area contributed by atoms with E-state index in [-0.39, 0.29) is 5.92 Å². The van der Waals surface area contributed by atoms with Crippen LogP contribution in [0.1, 0.15) is 53.4 Å². The molecule has 2 unspecified atom stereocenters. The van der Waals surface area contributed by atoms with Crippen LogP contribution < -0.4 is 0 Å². The van der Waals surface area contributed by atoms with Crippen LogP contribution in [0.2, 0.25) is 13.1 Å². The third kappa shape index (κ3) is 6.99. The van der Waals surface area contributed by atoms with Gasteiger partial charge in [-0.2, -0.15) is 0 Å². The lowest BCUT2D eigenvalue weighted by Crippen LogP contribution is -2.51. The number of rotatable bonds is 13. The molecule has 4 atom stereocenters. The van der Waals surface area contributed by atoms with Crippen molar-refractivity contribution in [3.8, 4) is 0 Å². The largest absolute Gasteiger partial charge is 0.394 e. The van der Waals surface area contributed by atoms with Crippen molar-refractivity contribution in [1.29, 1.82) is 0 Å². The van der Waals surface area contributed by atoms with Crippen LogP contribution in [0.15, 0.2) is 43.0 Å². The summed E-state index contributed by atoms with van der Waals surface area (Å²) in [6.07, 6.45) is 5.11. The van der Waals surface area contributed by atoms with Crippen LogP contribution in [-0.2, 0) is 20.5 Å². The second-order valence-corrected chi connectivity index (χ2v) is 9.93. The molecule has 0 spiro atoms. The third-order valence-corrected chi connectivity index (χ3v) is 5.85. The van der Waals surface area contributed by atoms with Gasteiger partial charge in [0, 0.05) is 19.4 Å². The Kier molecular flexibility index (Phi) is 9.06. The molecule has 3 nitrogen and oxygen atoms in total. The molecule has 0 fully saturated rings. The number of benzene rings is 1. The summed E-state index contributed by atoms with van der Waals surface area (Å²) >= 11 is 0. The molecule has 0 aromatic heterocycles. The van der Waals surface area contributed by atoms with Crippen molar-refractivity contribution in [3.63, 3.8) is 0 Å². The molecule has 26 heavy (non-hydrogen) atoms. The lowest BCUT2D eigenvalue weighted by Gasteiger charge is -2.45. The molecule has 0 bridgehead atoms. The quantitative estimate of drug-likeness (QED) is 0.249. The second-order valence-electron chi connectivity index (χ2n) is 7.59. The minimum atomic E-state index is -1.43. The molecular formula is C22H38O3Si. The van der Waals surface area contributed by atoms with E-state index in [2.05, 4.69) is 40.4 Å². The van der Waals surface area contributed by atoms with Crippen molar-refractivity contribution in [2.45, 2.75) is 77.5 Å². The van der Waals surface area contributed by atoms with E-state index in [0.717, 1.165) is 24.8 Å². The standard InChI is InChI=1S/C22H38O3Si/c1-8-10-16-21(4,23-5)18-22(19(3)9-2,25-26(6)7)24-17-20-14-12-11-13-15-20/h8,11-15,19,26H,1,9-10,16-18H2,2-7H3/t19-,21-,22?/m1/s1/i17T/t17?,19-,21-,22?. The van der Waals surface area contributed by atoms with Gasteiger partial charge < -0.3 is 13.9 Å². The van der Waals surface area contributed by atoms with Gasteiger partial charge in [-0.25, -0.2) is 0 Å². The number of hydrogen-bond acceptors (Lipinski definition) is 3. The van der Waals surface area contributed by atoms with Crippen molar-refractivity contribution < 1.29 is 15.3 Å². The highest BCUT2D eigenvalue weighted by atomic mass is 28.3. The van der Waals surface area contributed by atoms with Gasteiger partial charge in [-0.3, -0.25) is 0 Å². The van der Waals surface area contributed by atoms with Gasteiger partial charge in [-0.15, -0.1) is 6.58 Å². The monoisotopic (exact) mass is 380 g/mol. The summed E-state index contributed by atoms with van der Waals surface area (Å²) in [5.41, 5.74) is 0.432. The van der Waals surface area contributed by atoms with E-state index in [0.29, 0.717) is 6.42 Å². The van der Waals surface area contributed by atoms with Crippen molar-refractivity contribution in [2.24, 2.45) is 5.92 Å². The van der Waals surface area contributed by atoms with Crippen molar-refractivity contribution in [3.05, 3.63) is 48.6 Å². The van der Waals surface area contributed by atoms with Crippen LogP contribution in [0.25, 0.3) is 0 Å². The molecule has 0 heterocycles. The molecule has 0 N–H and O–H groups in total. The van der Waals surface area contributed by atoms with Gasteiger partial charge in [0.2, 0.25) is 0 Å². The lowest BCUT2D eigenvalue weighted by atomic mass is 9.84. The predicted molar refractivity (Wildman–Crippen MR) is 113 cm³/mol. The Hall–Kier alpha value is -0.943. The van der Waals surface area contributed by atoms with Gasteiger partial charge >= 0.3 is 0 Å². The fourth-order valence-corrected chi connectivity index (χ4v) is 4.29. The summed E-state index contributed by atoms with van der Waals surface area (Å²) in [4.78, 5) is 0. The Balaban J connectivity index is 3.24. The van der Waals surface area contributed by atoms with E-state index in [4.69, 9.17) is 15.3 Å². The molecule has 0 saturated heterocycles. The topological polar surface area (TPSA) is 27.7 Å². The van der Waals surface area contributed by atoms with E-state index in [1.165, 1.54) is 0 Å². The Labute approximate surface area is 163 Å². The second kappa shape index (κ2) is 11.0. The number of methoxy groups -OCH3 is 1. The fraction of sp³-hybridized carbons (Fsp3) is 0.636. The van der Waals surface area contributed by atoms with Crippen molar-refractivity contribution >= 4 is 9.04 Å². The Morgan fingerprint density at radius 1 is 1.31 bits per heavy atom. The average molecular weight is 381 g/mol. The number of hydrogen-bond donors (Lipinski definition) is 0. The molecule has 1 aromatic rings. The van der Waals surface area contributed by atoms with Crippen LogP contribution in [0.5, 0.6) is 0 Å². The zero-order valence-electron chi connectivity index (χ0n) is 18.5. The van der Waals surface area contributed by atoms with Gasteiger partial charge in [0.15, 0.2) is 14.8 Å². The first kappa shape index (κ1) is 21.4. The Bertz CT molecular complexity index is 554. The molecule has 1 aromatic carbocycles. The smallest absolute Gasteiger partial charge is 0.174 e. The lowest BCUT2D eigenvalue weighted by molar-refractivity contribution is -0.253. The number of ether oxygens (including phenoxy) is 2. The van der Waals surface area contributed by atoms with Crippen LogP contribution >= 0.6 is 0 Å². The van der Waals surface area contributed by atoms with Crippen molar-refractivity contribution in [2.75, 3.05) is 7.11 Å². The molecule has 148 valence electrons. The van der Waals surface area contributed by atoms with Crippen LogP contribution in [-0.4, -0.2) is 27.5 Å². The first-order chi connectivity index (χ1) is 12.7. The molecule has 0 aliphatic carbocycles. The van der Waals surface area contributed by atoms with Crippen molar-refractivity contribution in [1.82, 2.24) is 0 Å². The molecular weight excluding hydrogens is 340 g/mol. The molecule has 0 aliphatic heterocycles. The SMILES string of the molecule is [3H]C(OC(C[C@@](C)(CCC=C)OC)(O[SiH](C)C)[C@H](C)CC)c1ccccc1. The van der Waals surface area contributed by atoms with Gasteiger partial charge in [0.05, 0.1) is 13.6 Å². The fourth-order valence-electron chi connectivity index (χ4n) is 3.12. The summed E-state index contributed by atoms with van der Waals surface area (Å²) in [5, 5.41) is 0. The van der Waals surface area contributed by atoms with Gasteiger partial charge in [0.25, 0.3) is 0 Å². The highest BCUT2D eigenvalue weighted by Gasteiger charge is 2.44. The molecule has 0 saturated carbocycles. The van der Waals surface area contributed by atoms with E-state index in [9.17, 15) is 0 Å². The Morgan fingerprint density at radius 3 is 2.46 bits per heavy atom. The van der Waals surface area contributed by atoms with Crippen LogP contribution in [0.4, 0.5) is 0 Å². The van der Waals surface area contributed by atoms with E-state index < -0.39 is 27.0 Å². The van der Waals surface area contributed by atoms with E-state index in [1.807, 2.05) is 36.4 Å². The first-order valence-electron chi connectivity index (χ1n) is 10.3. The maximum atomic E-state index is 8.64. The molecule has 4 heteroatoms. The van der Waals surface area contributed by atoms with Gasteiger partial charge in [-0.05, 0) is 44.8 Å². The predicted octanol–water partition coefficient (Wildman–Crippen LogP) is 5.71. The minimum absolute atomic E-state index is 0.141. The van der Waals surface area contributed by atoms with E-state index in [1.54, 1.807) is 7.11 Å². The molecule has 0 amide bonds.